The van der Waals surface area contributed by atoms with Crippen LogP contribution >= 0.6 is 17.0 Å². The van der Waals surface area contributed by atoms with Crippen molar-refractivity contribution in [1.82, 2.24) is 4.90 Å². The lowest BCUT2D eigenvalue weighted by atomic mass is 9.94. The van der Waals surface area contributed by atoms with Gasteiger partial charge in [-0.15, -0.1) is 17.0 Å². The van der Waals surface area contributed by atoms with Crippen LogP contribution in [-0.4, -0.2) is 58.5 Å². The first-order chi connectivity index (χ1) is 15.4. The summed E-state index contributed by atoms with van der Waals surface area (Å²) in [5.74, 6) is -0.670. The third-order valence-electron chi connectivity index (χ3n) is 5.66. The monoisotopic (exact) mass is 541 g/mol. The Bertz CT molecular complexity index is 1120. The number of methoxy groups -OCH3 is 3. The molecular formula is C24H30BrF2N3O4. The van der Waals surface area contributed by atoms with E-state index in [4.69, 9.17) is 19.6 Å². The quantitative estimate of drug-likeness (QED) is 0.487. The van der Waals surface area contributed by atoms with Gasteiger partial charge in [0.2, 0.25) is 0 Å². The average molecular weight is 542 g/mol. The Hall–Kier alpha value is -2.88. The maximum absolute atomic E-state index is 15.0. The highest BCUT2D eigenvalue weighted by Crippen LogP contribution is 2.41. The molecule has 0 amide bonds. The molecule has 1 aliphatic heterocycles. The van der Waals surface area contributed by atoms with E-state index in [1.807, 2.05) is 0 Å². The number of carbonyl (C=O) groups is 1. The fourth-order valence-corrected chi connectivity index (χ4v) is 3.99. The number of anilines is 1. The third-order valence-corrected chi connectivity index (χ3v) is 5.66. The number of hydrogen-bond donors (Lipinski definition) is 1. The fraction of sp³-hybridized carbons (Fsp3) is 0.417. The van der Waals surface area contributed by atoms with E-state index in [0.29, 0.717) is 17.0 Å². The van der Waals surface area contributed by atoms with Crippen LogP contribution in [0.3, 0.4) is 0 Å². The van der Waals surface area contributed by atoms with Gasteiger partial charge in [-0.05, 0) is 37.6 Å². The lowest BCUT2D eigenvalue weighted by Crippen LogP contribution is -2.31. The van der Waals surface area contributed by atoms with E-state index in [1.165, 1.54) is 46.1 Å². The minimum absolute atomic E-state index is 0. The van der Waals surface area contributed by atoms with Crippen molar-refractivity contribution in [3.8, 4) is 17.2 Å². The third kappa shape index (κ3) is 4.82. The summed E-state index contributed by atoms with van der Waals surface area (Å²) in [6.45, 7) is 2.78. The van der Waals surface area contributed by atoms with Crippen molar-refractivity contribution in [1.29, 1.82) is 5.41 Å². The van der Waals surface area contributed by atoms with Gasteiger partial charge in [0.15, 0.2) is 23.1 Å². The SMILES string of the molecule is Br.COc1cc2c(c(F)c1OC)C(=N)N(CC(=O)c1cc(N(C)C)c(OC)c(C(C)(C)F)c1)C2. The van der Waals surface area contributed by atoms with Crippen molar-refractivity contribution in [2.24, 2.45) is 0 Å². The van der Waals surface area contributed by atoms with Crippen LogP contribution < -0.4 is 19.1 Å². The lowest BCUT2D eigenvalue weighted by molar-refractivity contribution is 0.0962. The Morgan fingerprint density at radius 1 is 1.12 bits per heavy atom. The molecule has 0 unspecified atom stereocenters. The topological polar surface area (TPSA) is 75.1 Å². The number of alkyl halides is 1. The number of ether oxygens (including phenoxy) is 3. The Morgan fingerprint density at radius 2 is 1.74 bits per heavy atom. The van der Waals surface area contributed by atoms with Crippen LogP contribution in [0.4, 0.5) is 14.5 Å². The van der Waals surface area contributed by atoms with E-state index in [1.54, 1.807) is 31.1 Å². The van der Waals surface area contributed by atoms with Gasteiger partial charge < -0.3 is 24.0 Å². The summed E-state index contributed by atoms with van der Waals surface area (Å²) in [5.41, 5.74) is -0.0602. The summed E-state index contributed by atoms with van der Waals surface area (Å²) in [5, 5.41) is 8.45. The number of nitrogens with zero attached hydrogens (tertiary/aromatic N) is 2. The molecule has 0 atom stereocenters. The summed E-state index contributed by atoms with van der Waals surface area (Å²) >= 11 is 0. The second-order valence-electron chi connectivity index (χ2n) is 8.53. The predicted octanol–water partition coefficient (Wildman–Crippen LogP) is 4.72. The molecular weight excluding hydrogens is 512 g/mol. The maximum Gasteiger partial charge on any atom is 0.197 e. The zero-order valence-electron chi connectivity index (χ0n) is 20.3. The van der Waals surface area contributed by atoms with Crippen LogP contribution in [0.5, 0.6) is 17.2 Å². The summed E-state index contributed by atoms with van der Waals surface area (Å²) in [7, 11) is 7.73. The zero-order valence-corrected chi connectivity index (χ0v) is 22.1. The Kier molecular flexibility index (Phi) is 8.18. The molecule has 0 spiro atoms. The number of benzene rings is 2. The standard InChI is InChI=1S/C24H29F2N3O4.BrH/c1-24(2,26)15-8-13(9-16(28(3)4)21(15)32-6)17(30)12-29-11-14-10-18(31-5)22(33-7)20(25)19(14)23(29)27;/h8-10,27H,11-12H2,1-7H3;1H. The Labute approximate surface area is 208 Å². The number of rotatable bonds is 8. The second kappa shape index (κ2) is 10.2. The lowest BCUT2D eigenvalue weighted by Gasteiger charge is -2.25. The van der Waals surface area contributed by atoms with E-state index < -0.39 is 11.5 Å². The number of ketones is 1. The van der Waals surface area contributed by atoms with Gasteiger partial charge in [0.1, 0.15) is 17.3 Å². The molecule has 3 rings (SSSR count). The van der Waals surface area contributed by atoms with Gasteiger partial charge >= 0.3 is 0 Å². The molecule has 0 fully saturated rings. The van der Waals surface area contributed by atoms with Gasteiger partial charge in [-0.3, -0.25) is 10.2 Å². The molecule has 0 bridgehead atoms. The molecule has 1 aliphatic rings. The molecule has 0 saturated carbocycles. The van der Waals surface area contributed by atoms with Crippen LogP contribution in [0, 0.1) is 11.2 Å². The van der Waals surface area contributed by atoms with Crippen LogP contribution in [0.1, 0.15) is 40.9 Å². The fourth-order valence-electron chi connectivity index (χ4n) is 3.99. The highest BCUT2D eigenvalue weighted by Gasteiger charge is 2.34. The normalized spacial score (nSPS) is 12.7. The van der Waals surface area contributed by atoms with Crippen molar-refractivity contribution in [3.05, 3.63) is 46.3 Å². The molecule has 7 nitrogen and oxygen atoms in total. The molecule has 2 aromatic carbocycles. The minimum Gasteiger partial charge on any atom is -0.494 e. The molecule has 0 aromatic heterocycles. The molecule has 1 N–H and O–H groups in total. The highest BCUT2D eigenvalue weighted by molar-refractivity contribution is 8.93. The van der Waals surface area contributed by atoms with E-state index >= 15 is 0 Å². The van der Waals surface area contributed by atoms with Crippen molar-refractivity contribution < 1.29 is 27.8 Å². The molecule has 10 heteroatoms. The minimum atomic E-state index is -1.75. The van der Waals surface area contributed by atoms with E-state index in [2.05, 4.69) is 0 Å². The second-order valence-corrected chi connectivity index (χ2v) is 8.53. The number of Topliss-reactive ketones (excluding diaryl/α,β-unsaturated/α-hetero) is 1. The van der Waals surface area contributed by atoms with Crippen molar-refractivity contribution in [2.75, 3.05) is 46.9 Å². The van der Waals surface area contributed by atoms with Gasteiger partial charge in [-0.2, -0.15) is 0 Å². The number of carbonyl (C=O) groups excluding carboxylic acids is 1. The molecule has 1 heterocycles. The van der Waals surface area contributed by atoms with Crippen molar-refractivity contribution >= 4 is 34.3 Å². The molecule has 34 heavy (non-hydrogen) atoms. The largest absolute Gasteiger partial charge is 0.494 e. The summed E-state index contributed by atoms with van der Waals surface area (Å²) in [4.78, 5) is 16.4. The number of amidine groups is 1. The first-order valence-corrected chi connectivity index (χ1v) is 10.3. The summed E-state index contributed by atoms with van der Waals surface area (Å²) in [6.07, 6.45) is 0. The average Bonchev–Trinajstić information content (AvgIpc) is 3.06. The van der Waals surface area contributed by atoms with Crippen LogP contribution in [0.15, 0.2) is 18.2 Å². The predicted molar refractivity (Wildman–Crippen MR) is 133 cm³/mol. The molecule has 0 radical (unpaired) electrons. The summed E-state index contributed by atoms with van der Waals surface area (Å²) in [6, 6.07) is 4.72. The van der Waals surface area contributed by atoms with E-state index in [9.17, 15) is 13.6 Å². The van der Waals surface area contributed by atoms with E-state index in [0.717, 1.165) is 0 Å². The van der Waals surface area contributed by atoms with Gasteiger partial charge in [0.25, 0.3) is 0 Å². The van der Waals surface area contributed by atoms with E-state index in [-0.39, 0.29) is 69.9 Å². The van der Waals surface area contributed by atoms with Crippen molar-refractivity contribution in [2.45, 2.75) is 26.1 Å². The first-order valence-electron chi connectivity index (χ1n) is 10.3. The first kappa shape index (κ1) is 27.4. The highest BCUT2D eigenvalue weighted by atomic mass is 79.9. The maximum atomic E-state index is 15.0. The smallest absolute Gasteiger partial charge is 0.197 e. The van der Waals surface area contributed by atoms with Gasteiger partial charge in [0.05, 0.1) is 39.1 Å². The number of hydrogen-bond acceptors (Lipinski definition) is 6. The summed E-state index contributed by atoms with van der Waals surface area (Å²) < 4.78 is 45.7. The molecule has 186 valence electrons. The number of fused-ring (bicyclic) bond motifs is 1. The molecule has 0 saturated heterocycles. The number of halogens is 3. The van der Waals surface area contributed by atoms with Crippen molar-refractivity contribution in [3.63, 3.8) is 0 Å². The van der Waals surface area contributed by atoms with Crippen LogP contribution in [0.25, 0.3) is 0 Å². The zero-order chi connectivity index (χ0) is 24.7. The Morgan fingerprint density at radius 3 is 2.24 bits per heavy atom. The van der Waals surface area contributed by atoms with Crippen LogP contribution in [0.2, 0.25) is 0 Å². The molecule has 2 aromatic rings. The number of nitrogens with one attached hydrogen (secondary N) is 1. The van der Waals surface area contributed by atoms with Gasteiger partial charge in [-0.25, -0.2) is 8.78 Å². The van der Waals surface area contributed by atoms with Gasteiger partial charge in [-0.1, -0.05) is 0 Å². The van der Waals surface area contributed by atoms with Crippen LogP contribution in [-0.2, 0) is 12.2 Å². The molecule has 0 aliphatic carbocycles. The van der Waals surface area contributed by atoms with Gasteiger partial charge in [0, 0.05) is 31.8 Å². The Balaban J connectivity index is 0.00000408.